The van der Waals surface area contributed by atoms with E-state index in [4.69, 9.17) is 10.00 Å². The van der Waals surface area contributed by atoms with Gasteiger partial charge in [0.15, 0.2) is 0 Å². The van der Waals surface area contributed by atoms with E-state index in [9.17, 15) is 14.5 Å². The summed E-state index contributed by atoms with van der Waals surface area (Å²) in [6.07, 6.45) is 1.22. The minimum absolute atomic E-state index is 0.0329. The van der Waals surface area contributed by atoms with Gasteiger partial charge in [0.1, 0.15) is 23.3 Å². The molecular weight excluding hydrogens is 333 g/mol. The van der Waals surface area contributed by atoms with Crippen LogP contribution in [0, 0.1) is 27.3 Å². The van der Waals surface area contributed by atoms with E-state index in [0.717, 1.165) is 12.1 Å². The number of halogens is 2. The number of ether oxygens (including phenoxy) is 1. The van der Waals surface area contributed by atoms with Gasteiger partial charge in [-0.2, -0.15) is 5.26 Å². The third-order valence-electron chi connectivity index (χ3n) is 2.28. The highest BCUT2D eigenvalue weighted by molar-refractivity contribution is 9.10. The molecule has 0 atom stereocenters. The minimum atomic E-state index is -0.688. The largest absolute Gasteiger partial charge is 0.448 e. The number of nitrogens with zero attached hydrogens (tertiary/aromatic N) is 3. The summed E-state index contributed by atoms with van der Waals surface area (Å²) in [6, 6.07) is 6.54. The zero-order chi connectivity index (χ0) is 14.7. The lowest BCUT2D eigenvalue weighted by molar-refractivity contribution is -0.385. The minimum Gasteiger partial charge on any atom is -0.448 e. The molecular formula is C12H5BrFN3O3. The van der Waals surface area contributed by atoms with Crippen molar-refractivity contribution < 1.29 is 14.1 Å². The van der Waals surface area contributed by atoms with Gasteiger partial charge in [-0.3, -0.25) is 10.1 Å². The van der Waals surface area contributed by atoms with E-state index < -0.39 is 10.7 Å². The molecule has 0 amide bonds. The van der Waals surface area contributed by atoms with Crippen molar-refractivity contribution in [3.63, 3.8) is 0 Å². The van der Waals surface area contributed by atoms with Crippen LogP contribution in [0.15, 0.2) is 34.9 Å². The Kier molecular flexibility index (Phi) is 3.91. The molecule has 0 bridgehead atoms. The normalized spacial score (nSPS) is 9.85. The Bertz CT molecular complexity index is 713. The van der Waals surface area contributed by atoms with Crippen LogP contribution in [0.25, 0.3) is 0 Å². The van der Waals surface area contributed by atoms with Crippen molar-refractivity contribution in [1.82, 2.24) is 4.98 Å². The van der Waals surface area contributed by atoms with Gasteiger partial charge in [-0.25, -0.2) is 9.37 Å². The number of pyridine rings is 1. The van der Waals surface area contributed by atoms with E-state index >= 15 is 0 Å². The van der Waals surface area contributed by atoms with Crippen molar-refractivity contribution in [2.75, 3.05) is 0 Å². The van der Waals surface area contributed by atoms with E-state index in [1.54, 1.807) is 0 Å². The molecule has 20 heavy (non-hydrogen) atoms. The molecule has 1 aromatic heterocycles. The quantitative estimate of drug-likeness (QED) is 0.631. The third-order valence-corrected chi connectivity index (χ3v) is 2.88. The Morgan fingerprint density at radius 2 is 2.20 bits per heavy atom. The van der Waals surface area contributed by atoms with E-state index in [0.29, 0.717) is 0 Å². The number of aromatic nitrogens is 1. The molecule has 0 fully saturated rings. The van der Waals surface area contributed by atoms with Gasteiger partial charge < -0.3 is 4.74 Å². The van der Waals surface area contributed by atoms with E-state index in [2.05, 4.69) is 20.9 Å². The molecule has 0 radical (unpaired) electrons. The lowest BCUT2D eigenvalue weighted by Crippen LogP contribution is -1.95. The predicted molar refractivity (Wildman–Crippen MR) is 69.8 cm³/mol. The summed E-state index contributed by atoms with van der Waals surface area (Å²) < 4.78 is 18.6. The zero-order valence-corrected chi connectivity index (χ0v) is 11.3. The molecule has 0 saturated carbocycles. The van der Waals surface area contributed by atoms with Crippen molar-refractivity contribution in [2.45, 2.75) is 0 Å². The molecule has 2 rings (SSSR count). The fraction of sp³-hybridized carbons (Fsp3) is 0. The number of nitriles is 1. The second-order valence-electron chi connectivity index (χ2n) is 3.58. The van der Waals surface area contributed by atoms with Crippen LogP contribution >= 0.6 is 15.9 Å². The second kappa shape index (κ2) is 5.63. The fourth-order valence-corrected chi connectivity index (χ4v) is 1.71. The van der Waals surface area contributed by atoms with Crippen LogP contribution in [0.2, 0.25) is 0 Å². The van der Waals surface area contributed by atoms with Crippen LogP contribution in [0.4, 0.5) is 10.1 Å². The van der Waals surface area contributed by atoms with Gasteiger partial charge in [0, 0.05) is 12.1 Å². The monoisotopic (exact) mass is 337 g/mol. The summed E-state index contributed by atoms with van der Waals surface area (Å²) in [4.78, 5) is 14.0. The Hall–Kier alpha value is -2.53. The van der Waals surface area contributed by atoms with Crippen molar-refractivity contribution in [3.05, 3.63) is 56.6 Å². The number of nitro benzene ring substituents is 1. The lowest BCUT2D eigenvalue weighted by atomic mass is 10.3. The third kappa shape index (κ3) is 2.89. The number of hydrogen-bond acceptors (Lipinski definition) is 5. The maximum atomic E-state index is 13.4. The first-order chi connectivity index (χ1) is 9.51. The summed E-state index contributed by atoms with van der Waals surface area (Å²) in [5.41, 5.74) is -0.212. The summed E-state index contributed by atoms with van der Waals surface area (Å²) in [5, 5.41) is 19.5. The van der Waals surface area contributed by atoms with E-state index in [-0.39, 0.29) is 27.4 Å². The highest BCUT2D eigenvalue weighted by Gasteiger charge is 2.19. The number of nitro groups is 1. The molecule has 8 heteroatoms. The van der Waals surface area contributed by atoms with Crippen molar-refractivity contribution in [1.29, 1.82) is 5.26 Å². The average molecular weight is 338 g/mol. The van der Waals surface area contributed by atoms with Crippen molar-refractivity contribution >= 4 is 21.6 Å². The number of hydrogen-bond donors (Lipinski definition) is 0. The van der Waals surface area contributed by atoms with Crippen LogP contribution in [0.3, 0.4) is 0 Å². The Morgan fingerprint density at radius 3 is 2.75 bits per heavy atom. The van der Waals surface area contributed by atoms with Crippen LogP contribution in [-0.4, -0.2) is 9.91 Å². The molecule has 0 aliphatic rings. The summed E-state index contributed by atoms with van der Waals surface area (Å²) in [5.74, 6) is -0.775. The topological polar surface area (TPSA) is 89.0 Å². The van der Waals surface area contributed by atoms with E-state index in [1.165, 1.54) is 18.3 Å². The maximum Gasteiger partial charge on any atom is 0.312 e. The number of rotatable bonds is 3. The smallest absolute Gasteiger partial charge is 0.312 e. The second-order valence-corrected chi connectivity index (χ2v) is 4.44. The SMILES string of the molecule is N#Cc1ccc(Oc2cc(F)c(Br)cc2[N+](=O)[O-])cn1. The van der Waals surface area contributed by atoms with Crippen LogP contribution in [0.1, 0.15) is 5.69 Å². The first-order valence-electron chi connectivity index (χ1n) is 5.18. The molecule has 0 N–H and O–H groups in total. The van der Waals surface area contributed by atoms with Crippen LogP contribution < -0.4 is 4.74 Å². The highest BCUT2D eigenvalue weighted by atomic mass is 79.9. The Labute approximate surface area is 120 Å². The van der Waals surface area contributed by atoms with Gasteiger partial charge in [0.05, 0.1) is 15.6 Å². The van der Waals surface area contributed by atoms with E-state index in [1.807, 2.05) is 6.07 Å². The molecule has 1 aromatic carbocycles. The Balaban J connectivity index is 2.39. The molecule has 0 unspecified atom stereocenters. The van der Waals surface area contributed by atoms with Crippen LogP contribution in [0.5, 0.6) is 11.5 Å². The molecule has 2 aromatic rings. The van der Waals surface area contributed by atoms with Gasteiger partial charge in [0.25, 0.3) is 0 Å². The maximum absolute atomic E-state index is 13.4. The zero-order valence-electron chi connectivity index (χ0n) is 9.71. The molecule has 0 spiro atoms. The van der Waals surface area contributed by atoms with Gasteiger partial charge in [-0.15, -0.1) is 0 Å². The first kappa shape index (κ1) is 13.9. The first-order valence-corrected chi connectivity index (χ1v) is 5.98. The molecule has 1 heterocycles. The molecule has 6 nitrogen and oxygen atoms in total. The highest BCUT2D eigenvalue weighted by Crippen LogP contribution is 2.35. The standard InChI is InChI=1S/C12H5BrFN3O3/c13-9-3-11(17(18)19)12(4-10(9)14)20-8-2-1-7(5-15)16-6-8/h1-4,6H. The molecule has 0 aliphatic carbocycles. The summed E-state index contributed by atoms with van der Waals surface area (Å²) >= 11 is 2.87. The van der Waals surface area contributed by atoms with Gasteiger partial charge in [0.2, 0.25) is 5.75 Å². The molecule has 100 valence electrons. The van der Waals surface area contributed by atoms with Gasteiger partial charge in [-0.05, 0) is 28.1 Å². The molecule has 0 saturated heterocycles. The van der Waals surface area contributed by atoms with Crippen LogP contribution in [-0.2, 0) is 0 Å². The van der Waals surface area contributed by atoms with Gasteiger partial charge in [-0.1, -0.05) is 0 Å². The number of benzene rings is 1. The summed E-state index contributed by atoms with van der Waals surface area (Å²) in [7, 11) is 0. The lowest BCUT2D eigenvalue weighted by Gasteiger charge is -2.06. The Morgan fingerprint density at radius 1 is 1.45 bits per heavy atom. The van der Waals surface area contributed by atoms with Gasteiger partial charge >= 0.3 is 5.69 Å². The molecule has 0 aliphatic heterocycles. The fourth-order valence-electron chi connectivity index (χ4n) is 1.38. The predicted octanol–water partition coefficient (Wildman–Crippen LogP) is 3.56. The van der Waals surface area contributed by atoms with Crippen molar-refractivity contribution in [2.24, 2.45) is 0 Å². The summed E-state index contributed by atoms with van der Waals surface area (Å²) in [6.45, 7) is 0. The average Bonchev–Trinajstić information content (AvgIpc) is 2.43. The van der Waals surface area contributed by atoms with Crippen molar-refractivity contribution in [3.8, 4) is 17.6 Å².